The van der Waals surface area contributed by atoms with Crippen molar-refractivity contribution < 1.29 is 19.1 Å². The topological polar surface area (TPSA) is 91.6 Å². The third-order valence-electron chi connectivity index (χ3n) is 2.20. The maximum absolute atomic E-state index is 11.4. The molecule has 17 heavy (non-hydrogen) atoms. The Kier molecular flexibility index (Phi) is 5.06. The molecule has 0 saturated heterocycles. The van der Waals surface area contributed by atoms with E-state index in [-0.39, 0.29) is 18.5 Å². The zero-order valence-corrected chi connectivity index (χ0v) is 9.60. The van der Waals surface area contributed by atoms with Crippen LogP contribution < -0.4 is 10.6 Å². The zero-order valence-electron chi connectivity index (χ0n) is 9.60. The second kappa shape index (κ2) is 6.57. The van der Waals surface area contributed by atoms with Gasteiger partial charge in [-0.15, -0.1) is 0 Å². The number of urea groups is 1. The molecular weight excluding hydrogens is 224 g/mol. The number of carboxylic acids is 1. The summed E-state index contributed by atoms with van der Waals surface area (Å²) in [6.45, 7) is 2.15. The lowest BCUT2D eigenvalue weighted by Gasteiger charge is -2.13. The maximum atomic E-state index is 11.4. The molecule has 0 spiro atoms. The van der Waals surface area contributed by atoms with Crippen LogP contribution in [0, 0.1) is 0 Å². The van der Waals surface area contributed by atoms with E-state index in [2.05, 4.69) is 10.6 Å². The zero-order chi connectivity index (χ0) is 12.7. The van der Waals surface area contributed by atoms with Gasteiger partial charge < -0.3 is 20.2 Å². The minimum atomic E-state index is -0.863. The van der Waals surface area contributed by atoms with Gasteiger partial charge in [0.15, 0.2) is 0 Å². The molecule has 1 unspecified atom stereocenters. The average Bonchev–Trinajstić information content (AvgIpc) is 2.76. The van der Waals surface area contributed by atoms with Gasteiger partial charge in [0.05, 0.1) is 12.5 Å². The first-order valence-electron chi connectivity index (χ1n) is 5.35. The van der Waals surface area contributed by atoms with Gasteiger partial charge in [0, 0.05) is 24.6 Å². The van der Waals surface area contributed by atoms with Crippen LogP contribution in [0.5, 0.6) is 0 Å². The first kappa shape index (κ1) is 13.1. The van der Waals surface area contributed by atoms with Crippen molar-refractivity contribution in [1.82, 2.24) is 10.6 Å². The fraction of sp³-hybridized carbons (Fsp3) is 0.455. The lowest BCUT2D eigenvalue weighted by atomic mass is 10.2. The number of carbonyl (C=O) groups excluding carboxylic acids is 1. The number of carboxylic acid groups (broad SMARTS) is 1. The molecule has 6 heteroatoms. The van der Waals surface area contributed by atoms with Gasteiger partial charge in [-0.05, 0) is 19.4 Å². The molecule has 0 radical (unpaired) electrons. The van der Waals surface area contributed by atoms with E-state index in [0.717, 1.165) is 5.56 Å². The van der Waals surface area contributed by atoms with Gasteiger partial charge in [0.1, 0.15) is 0 Å². The van der Waals surface area contributed by atoms with Crippen molar-refractivity contribution in [3.63, 3.8) is 0 Å². The van der Waals surface area contributed by atoms with Gasteiger partial charge >= 0.3 is 12.0 Å². The Hall–Kier alpha value is -1.98. The normalized spacial score (nSPS) is 11.8. The monoisotopic (exact) mass is 240 g/mol. The molecule has 0 fully saturated rings. The molecule has 1 aromatic rings. The Balaban J connectivity index is 2.18. The summed E-state index contributed by atoms with van der Waals surface area (Å²) in [6.07, 6.45) is 3.54. The number of hydrogen-bond donors (Lipinski definition) is 3. The molecule has 0 aromatic carbocycles. The average molecular weight is 240 g/mol. The molecule has 0 aliphatic heterocycles. The third-order valence-corrected chi connectivity index (χ3v) is 2.20. The second-order valence-corrected chi connectivity index (χ2v) is 3.79. The number of carbonyl (C=O) groups is 2. The maximum Gasteiger partial charge on any atom is 0.315 e. The summed E-state index contributed by atoms with van der Waals surface area (Å²) in [4.78, 5) is 21.7. The summed E-state index contributed by atoms with van der Waals surface area (Å²) < 4.78 is 4.86. The van der Waals surface area contributed by atoms with Gasteiger partial charge in [-0.2, -0.15) is 0 Å². The van der Waals surface area contributed by atoms with E-state index in [0.29, 0.717) is 13.0 Å². The number of aliphatic carboxylic acids is 1. The summed E-state index contributed by atoms with van der Waals surface area (Å²) in [5, 5.41) is 13.8. The Morgan fingerprint density at radius 2 is 2.29 bits per heavy atom. The molecule has 6 nitrogen and oxygen atoms in total. The van der Waals surface area contributed by atoms with Gasteiger partial charge in [0.25, 0.3) is 0 Å². The van der Waals surface area contributed by atoms with Crippen LogP contribution in [0.2, 0.25) is 0 Å². The minimum Gasteiger partial charge on any atom is -0.481 e. The van der Waals surface area contributed by atoms with Crippen LogP contribution in [0.1, 0.15) is 25.3 Å². The van der Waals surface area contributed by atoms with Crippen LogP contribution in [0.15, 0.2) is 23.0 Å². The summed E-state index contributed by atoms with van der Waals surface area (Å²) in [5.41, 5.74) is 0.873. The third kappa shape index (κ3) is 5.60. The molecule has 1 atom stereocenters. The molecular formula is C11H16N2O4. The lowest BCUT2D eigenvalue weighted by molar-refractivity contribution is -0.137. The van der Waals surface area contributed by atoms with E-state index in [1.807, 2.05) is 0 Å². The predicted molar refractivity (Wildman–Crippen MR) is 60.4 cm³/mol. The molecule has 1 aromatic heterocycles. The summed E-state index contributed by atoms with van der Waals surface area (Å²) in [7, 11) is 0. The smallest absolute Gasteiger partial charge is 0.315 e. The van der Waals surface area contributed by atoms with Crippen molar-refractivity contribution in [2.75, 3.05) is 0 Å². The van der Waals surface area contributed by atoms with Gasteiger partial charge in [-0.25, -0.2) is 4.79 Å². The second-order valence-electron chi connectivity index (χ2n) is 3.79. The highest BCUT2D eigenvalue weighted by atomic mass is 16.4. The molecule has 0 saturated carbocycles. The van der Waals surface area contributed by atoms with Crippen molar-refractivity contribution in [3.05, 3.63) is 24.2 Å². The summed E-state index contributed by atoms with van der Waals surface area (Å²) in [5.74, 6) is -0.863. The first-order chi connectivity index (χ1) is 8.08. The Bertz CT molecular complexity index is 362. The largest absolute Gasteiger partial charge is 0.481 e. The van der Waals surface area contributed by atoms with E-state index in [1.54, 1.807) is 19.3 Å². The Morgan fingerprint density at radius 3 is 2.88 bits per heavy atom. The van der Waals surface area contributed by atoms with E-state index in [9.17, 15) is 9.59 Å². The number of furan rings is 1. The van der Waals surface area contributed by atoms with Gasteiger partial charge in [-0.1, -0.05) is 0 Å². The molecule has 0 aliphatic carbocycles. The van der Waals surface area contributed by atoms with Crippen LogP contribution in [-0.4, -0.2) is 23.1 Å². The van der Waals surface area contributed by atoms with Crippen molar-refractivity contribution in [2.45, 2.75) is 32.4 Å². The van der Waals surface area contributed by atoms with E-state index in [4.69, 9.17) is 9.52 Å². The van der Waals surface area contributed by atoms with Crippen LogP contribution >= 0.6 is 0 Å². The van der Waals surface area contributed by atoms with Crippen molar-refractivity contribution in [3.8, 4) is 0 Å². The molecule has 1 rings (SSSR count). The molecule has 94 valence electrons. The fourth-order valence-electron chi connectivity index (χ4n) is 1.26. The van der Waals surface area contributed by atoms with Crippen molar-refractivity contribution in [1.29, 1.82) is 0 Å². The summed E-state index contributed by atoms with van der Waals surface area (Å²) >= 11 is 0. The van der Waals surface area contributed by atoms with Crippen molar-refractivity contribution >= 4 is 12.0 Å². The SMILES string of the molecule is CC(CCC(=O)O)NC(=O)NCc1ccoc1. The number of hydrogen-bond acceptors (Lipinski definition) is 3. The Morgan fingerprint density at radius 1 is 1.53 bits per heavy atom. The number of amides is 2. The molecule has 2 amide bonds. The van der Waals surface area contributed by atoms with Crippen LogP contribution in [0.4, 0.5) is 4.79 Å². The van der Waals surface area contributed by atoms with E-state index in [1.165, 1.54) is 6.26 Å². The minimum absolute atomic E-state index is 0.0448. The lowest BCUT2D eigenvalue weighted by Crippen LogP contribution is -2.40. The van der Waals surface area contributed by atoms with Crippen LogP contribution in [0.3, 0.4) is 0 Å². The van der Waals surface area contributed by atoms with Crippen LogP contribution in [-0.2, 0) is 11.3 Å². The first-order valence-corrected chi connectivity index (χ1v) is 5.35. The predicted octanol–water partition coefficient (Wildman–Crippen LogP) is 1.33. The standard InChI is InChI=1S/C11H16N2O4/c1-8(2-3-10(14)15)13-11(16)12-6-9-4-5-17-7-9/h4-5,7-8H,2-3,6H2,1H3,(H,14,15)(H2,12,13,16). The highest BCUT2D eigenvalue weighted by molar-refractivity contribution is 5.74. The molecule has 3 N–H and O–H groups in total. The molecule has 0 bridgehead atoms. The quantitative estimate of drug-likeness (QED) is 0.699. The molecule has 0 aliphatic rings. The Labute approximate surface area is 99.0 Å². The number of nitrogens with one attached hydrogen (secondary N) is 2. The van der Waals surface area contributed by atoms with Gasteiger partial charge in [-0.3, -0.25) is 4.79 Å². The highest BCUT2D eigenvalue weighted by Gasteiger charge is 2.08. The van der Waals surface area contributed by atoms with E-state index < -0.39 is 5.97 Å². The van der Waals surface area contributed by atoms with Crippen molar-refractivity contribution in [2.24, 2.45) is 0 Å². The van der Waals surface area contributed by atoms with Gasteiger partial charge in [0.2, 0.25) is 0 Å². The number of rotatable bonds is 6. The molecule has 1 heterocycles. The fourth-order valence-corrected chi connectivity index (χ4v) is 1.26. The van der Waals surface area contributed by atoms with E-state index >= 15 is 0 Å². The highest BCUT2D eigenvalue weighted by Crippen LogP contribution is 1.99. The van der Waals surface area contributed by atoms with Crippen LogP contribution in [0.25, 0.3) is 0 Å². The summed E-state index contributed by atoms with van der Waals surface area (Å²) in [6, 6.07) is 1.27.